The van der Waals surface area contributed by atoms with Crippen LogP contribution in [0.3, 0.4) is 0 Å². The summed E-state index contributed by atoms with van der Waals surface area (Å²) in [7, 11) is 0. The highest BCUT2D eigenvalue weighted by Gasteiger charge is 2.28. The number of benzene rings is 1. The third kappa shape index (κ3) is 5.96. The van der Waals surface area contributed by atoms with E-state index >= 15 is 0 Å². The van der Waals surface area contributed by atoms with Crippen molar-refractivity contribution in [3.63, 3.8) is 0 Å². The Labute approximate surface area is 144 Å². The Balaban J connectivity index is 1.82. The average Bonchev–Trinajstić information content (AvgIpc) is 2.53. The molecule has 5 heteroatoms. The maximum absolute atomic E-state index is 6.48. The molecule has 1 fully saturated rings. The summed E-state index contributed by atoms with van der Waals surface area (Å²) in [5.41, 5.74) is 7.23. The Kier molecular flexibility index (Phi) is 7.63. The minimum Gasteiger partial charge on any atom is -0.465 e. The largest absolute Gasteiger partial charge is 0.465 e. The van der Waals surface area contributed by atoms with Crippen LogP contribution in [0.15, 0.2) is 24.3 Å². The van der Waals surface area contributed by atoms with Gasteiger partial charge in [0.2, 0.25) is 0 Å². The first kappa shape index (κ1) is 18.5. The molecule has 4 atom stereocenters. The molecular weight excluding hydrogens is 314 g/mol. The summed E-state index contributed by atoms with van der Waals surface area (Å²) in [4.78, 5) is 0. The molecule has 0 radical (unpaired) electrons. The van der Waals surface area contributed by atoms with Crippen LogP contribution in [0, 0.1) is 0 Å². The predicted octanol–water partition coefficient (Wildman–Crippen LogP) is 3.67. The molecule has 0 spiro atoms. The average molecular weight is 342 g/mol. The molecule has 4 nitrogen and oxygen atoms in total. The fraction of sp³-hybridized carbons (Fsp3) is 0.667. The second-order valence-corrected chi connectivity index (χ2v) is 6.58. The molecule has 130 valence electrons. The lowest BCUT2D eigenvalue weighted by Gasteiger charge is -2.31. The predicted molar refractivity (Wildman–Crippen MR) is 93.2 cm³/mol. The zero-order chi connectivity index (χ0) is 16.7. The molecule has 4 unspecified atom stereocenters. The van der Waals surface area contributed by atoms with Crippen molar-refractivity contribution in [1.82, 2.24) is 0 Å². The molecule has 2 N–H and O–H groups in total. The zero-order valence-electron chi connectivity index (χ0n) is 14.0. The van der Waals surface area contributed by atoms with E-state index in [9.17, 15) is 0 Å². The molecule has 0 saturated heterocycles. The number of alkyl halides is 1. The highest BCUT2D eigenvalue weighted by Crippen LogP contribution is 2.36. The number of ether oxygens (including phenoxy) is 3. The fourth-order valence-corrected chi connectivity index (χ4v) is 3.46. The lowest BCUT2D eigenvalue weighted by atomic mass is 9.81. The van der Waals surface area contributed by atoms with Crippen LogP contribution in [0.4, 0.5) is 0 Å². The van der Waals surface area contributed by atoms with Gasteiger partial charge in [0, 0.05) is 23.9 Å². The molecule has 0 bridgehead atoms. The summed E-state index contributed by atoms with van der Waals surface area (Å²) >= 11 is 6.48. The van der Waals surface area contributed by atoms with Gasteiger partial charge in [0.25, 0.3) is 0 Å². The normalized spacial score (nSPS) is 26.0. The number of hydrogen-bond donors (Lipinski definition) is 1. The fourth-order valence-electron chi connectivity index (χ4n) is 2.96. The molecule has 2 rings (SSSR count). The summed E-state index contributed by atoms with van der Waals surface area (Å²) in [6.45, 7) is 5.67. The van der Waals surface area contributed by atoms with Gasteiger partial charge in [-0.3, -0.25) is 0 Å². The van der Waals surface area contributed by atoms with Crippen molar-refractivity contribution in [3.8, 4) is 5.75 Å². The van der Waals surface area contributed by atoms with Crippen LogP contribution >= 0.6 is 11.6 Å². The maximum atomic E-state index is 6.48. The highest BCUT2D eigenvalue weighted by molar-refractivity contribution is 6.21. The van der Waals surface area contributed by atoms with Crippen LogP contribution in [0.25, 0.3) is 0 Å². The van der Waals surface area contributed by atoms with Crippen LogP contribution < -0.4 is 10.5 Å². The van der Waals surface area contributed by atoms with Gasteiger partial charge >= 0.3 is 0 Å². The van der Waals surface area contributed by atoms with Gasteiger partial charge in [0.05, 0.1) is 13.2 Å². The molecule has 1 saturated carbocycles. The number of nitrogens with two attached hydrogens (primary N) is 1. The molecule has 0 aromatic heterocycles. The van der Waals surface area contributed by atoms with Crippen molar-refractivity contribution < 1.29 is 14.2 Å². The Morgan fingerprint density at radius 3 is 2.61 bits per heavy atom. The number of hydrogen-bond acceptors (Lipinski definition) is 4. The molecule has 0 heterocycles. The van der Waals surface area contributed by atoms with Gasteiger partial charge < -0.3 is 19.9 Å². The van der Waals surface area contributed by atoms with Gasteiger partial charge in [0.1, 0.15) is 5.75 Å². The molecular formula is C18H28ClNO3. The third-order valence-corrected chi connectivity index (χ3v) is 4.69. The Morgan fingerprint density at radius 1 is 1.22 bits per heavy atom. The maximum Gasteiger partial charge on any atom is 0.197 e. The molecule has 1 aliphatic rings. The van der Waals surface area contributed by atoms with E-state index in [4.69, 9.17) is 31.5 Å². The van der Waals surface area contributed by atoms with Crippen LogP contribution in [0.2, 0.25) is 0 Å². The topological polar surface area (TPSA) is 53.7 Å². The second kappa shape index (κ2) is 9.48. The van der Waals surface area contributed by atoms with Gasteiger partial charge in [-0.1, -0.05) is 12.1 Å². The van der Waals surface area contributed by atoms with Crippen molar-refractivity contribution >= 4 is 11.6 Å². The van der Waals surface area contributed by atoms with E-state index in [0.29, 0.717) is 25.7 Å². The lowest BCUT2D eigenvalue weighted by Crippen LogP contribution is -2.32. The molecule has 23 heavy (non-hydrogen) atoms. The minimum atomic E-state index is -0.297. The Hall–Kier alpha value is -0.810. The summed E-state index contributed by atoms with van der Waals surface area (Å²) in [5, 5.41) is 0.117. The van der Waals surface area contributed by atoms with Gasteiger partial charge in [-0.15, -0.1) is 11.6 Å². The summed E-state index contributed by atoms with van der Waals surface area (Å²) in [6, 6.07) is 8.40. The molecule has 1 aliphatic carbocycles. The van der Waals surface area contributed by atoms with Crippen molar-refractivity contribution in [2.24, 2.45) is 5.73 Å². The van der Waals surface area contributed by atoms with Gasteiger partial charge in [-0.05, 0) is 50.8 Å². The Morgan fingerprint density at radius 2 is 1.96 bits per heavy atom. The van der Waals surface area contributed by atoms with E-state index in [-0.39, 0.29) is 17.7 Å². The van der Waals surface area contributed by atoms with Crippen molar-refractivity contribution in [2.45, 2.75) is 56.7 Å². The first-order valence-corrected chi connectivity index (χ1v) is 8.89. The molecule has 1 aromatic rings. The van der Waals surface area contributed by atoms with Crippen LogP contribution in [0.5, 0.6) is 5.75 Å². The van der Waals surface area contributed by atoms with E-state index < -0.39 is 0 Å². The summed E-state index contributed by atoms with van der Waals surface area (Å²) in [6.07, 6.45) is 2.67. The second-order valence-electron chi connectivity index (χ2n) is 6.02. The van der Waals surface area contributed by atoms with Gasteiger partial charge in [-0.2, -0.15) is 0 Å². The smallest absolute Gasteiger partial charge is 0.197 e. The van der Waals surface area contributed by atoms with Crippen molar-refractivity contribution in [1.29, 1.82) is 0 Å². The standard InChI is InChI=1S/C18H28ClNO3/c1-3-21-10-11-22-13(2)23-16-7-4-14(5-8-16)17-9-6-15(20)12-18(17)19/h4-5,7-8,13,15,17-18H,3,6,9-12,20H2,1-2H3. The number of halogens is 1. The number of rotatable bonds is 8. The zero-order valence-corrected chi connectivity index (χ0v) is 14.8. The molecule has 0 aliphatic heterocycles. The lowest BCUT2D eigenvalue weighted by molar-refractivity contribution is -0.0825. The monoisotopic (exact) mass is 341 g/mol. The third-order valence-electron chi connectivity index (χ3n) is 4.21. The summed E-state index contributed by atoms with van der Waals surface area (Å²) < 4.78 is 16.5. The van der Waals surface area contributed by atoms with Crippen LogP contribution in [-0.4, -0.2) is 37.5 Å². The van der Waals surface area contributed by atoms with Crippen LogP contribution in [0.1, 0.15) is 44.6 Å². The van der Waals surface area contributed by atoms with E-state index in [1.807, 2.05) is 26.0 Å². The minimum absolute atomic E-state index is 0.117. The quantitative estimate of drug-likeness (QED) is 0.445. The van der Waals surface area contributed by atoms with Gasteiger partial charge in [0.15, 0.2) is 6.29 Å². The van der Waals surface area contributed by atoms with Crippen molar-refractivity contribution in [2.75, 3.05) is 19.8 Å². The van der Waals surface area contributed by atoms with Crippen LogP contribution in [-0.2, 0) is 9.47 Å². The van der Waals surface area contributed by atoms with E-state index in [1.54, 1.807) is 0 Å². The summed E-state index contributed by atoms with van der Waals surface area (Å²) in [5.74, 6) is 1.18. The first-order chi connectivity index (χ1) is 11.1. The first-order valence-electron chi connectivity index (χ1n) is 8.45. The molecule has 0 amide bonds. The van der Waals surface area contributed by atoms with Gasteiger partial charge in [-0.25, -0.2) is 0 Å². The van der Waals surface area contributed by atoms with Crippen molar-refractivity contribution in [3.05, 3.63) is 29.8 Å². The molecule has 1 aromatic carbocycles. The van der Waals surface area contributed by atoms with E-state index in [2.05, 4.69) is 12.1 Å². The van der Waals surface area contributed by atoms with E-state index in [0.717, 1.165) is 25.0 Å². The Bertz CT molecular complexity index is 454. The SMILES string of the molecule is CCOCCOC(C)Oc1ccc(C2CCC(N)CC2Cl)cc1. The highest BCUT2D eigenvalue weighted by atomic mass is 35.5. The van der Waals surface area contributed by atoms with E-state index in [1.165, 1.54) is 5.56 Å².